The third kappa shape index (κ3) is 5.35. The molecule has 0 saturated heterocycles. The molecule has 0 aliphatic carbocycles. The zero-order chi connectivity index (χ0) is 17.2. The summed E-state index contributed by atoms with van der Waals surface area (Å²) < 4.78 is 5.02. The van der Waals surface area contributed by atoms with Crippen molar-refractivity contribution in [2.75, 3.05) is 24.6 Å². The molecule has 124 valence electrons. The fraction of sp³-hybridized carbons (Fsp3) is 0.211. The van der Waals surface area contributed by atoms with E-state index < -0.39 is 5.97 Å². The quantitative estimate of drug-likeness (QED) is 0.403. The lowest BCUT2D eigenvalue weighted by Crippen LogP contribution is -2.27. The lowest BCUT2D eigenvalue weighted by atomic mass is 10.2. The van der Waals surface area contributed by atoms with Crippen LogP contribution in [0.4, 0.5) is 17.1 Å². The minimum atomic E-state index is -0.400. The summed E-state index contributed by atoms with van der Waals surface area (Å²) in [5, 5.41) is 8.42. The summed E-state index contributed by atoms with van der Waals surface area (Å²) in [6, 6.07) is 17.4. The largest absolute Gasteiger partial charge is 0.461 e. The Labute approximate surface area is 142 Å². The van der Waals surface area contributed by atoms with Gasteiger partial charge in [-0.3, -0.25) is 0 Å². The van der Waals surface area contributed by atoms with Crippen molar-refractivity contribution in [2.45, 2.75) is 6.92 Å². The summed E-state index contributed by atoms with van der Waals surface area (Å²) in [7, 11) is 0. The summed E-state index contributed by atoms with van der Waals surface area (Å²) in [6.45, 7) is 7.20. The summed E-state index contributed by atoms with van der Waals surface area (Å²) >= 11 is 0. The Hall–Kier alpha value is -2.95. The van der Waals surface area contributed by atoms with Gasteiger partial charge < -0.3 is 9.64 Å². The number of hydrogen-bond donors (Lipinski definition) is 0. The van der Waals surface area contributed by atoms with E-state index in [-0.39, 0.29) is 0 Å². The van der Waals surface area contributed by atoms with Crippen LogP contribution in [0.3, 0.4) is 0 Å². The molecule has 0 aliphatic rings. The first-order valence-electron chi connectivity index (χ1n) is 7.84. The molecule has 0 heterocycles. The Morgan fingerprint density at radius 1 is 1.08 bits per heavy atom. The highest BCUT2D eigenvalue weighted by Crippen LogP contribution is 2.22. The molecular weight excluding hydrogens is 302 g/mol. The topological polar surface area (TPSA) is 54.3 Å². The van der Waals surface area contributed by atoms with Gasteiger partial charge in [0.25, 0.3) is 0 Å². The van der Waals surface area contributed by atoms with Crippen LogP contribution in [0.25, 0.3) is 0 Å². The first-order valence-corrected chi connectivity index (χ1v) is 7.84. The number of hydrogen-bond acceptors (Lipinski definition) is 5. The van der Waals surface area contributed by atoms with Crippen molar-refractivity contribution in [1.29, 1.82) is 0 Å². The van der Waals surface area contributed by atoms with E-state index in [1.165, 1.54) is 6.08 Å². The highest BCUT2D eigenvalue weighted by molar-refractivity contribution is 5.81. The van der Waals surface area contributed by atoms with Gasteiger partial charge in [0.2, 0.25) is 0 Å². The summed E-state index contributed by atoms with van der Waals surface area (Å²) in [4.78, 5) is 13.2. The average molecular weight is 323 g/mol. The van der Waals surface area contributed by atoms with Crippen molar-refractivity contribution < 1.29 is 9.53 Å². The zero-order valence-electron chi connectivity index (χ0n) is 13.8. The van der Waals surface area contributed by atoms with Crippen LogP contribution < -0.4 is 4.90 Å². The number of nitrogens with zero attached hydrogens (tertiary/aromatic N) is 3. The molecule has 0 unspecified atom stereocenters. The van der Waals surface area contributed by atoms with E-state index in [0.29, 0.717) is 13.2 Å². The smallest absolute Gasteiger partial charge is 0.330 e. The monoisotopic (exact) mass is 323 g/mol. The Balaban J connectivity index is 1.95. The minimum absolute atomic E-state index is 0.328. The van der Waals surface area contributed by atoms with Gasteiger partial charge in [0.05, 0.1) is 17.9 Å². The Bertz CT molecular complexity index is 682. The molecule has 0 atom stereocenters. The number of carbonyl (C=O) groups excluding carboxylic acids is 1. The standard InChI is InChI=1S/C19H21N3O2/c1-3-19(23)24-15-14-22(4-2)18-12-10-17(11-13-18)21-20-16-8-6-5-7-9-16/h3,5-13H,1,4,14-15H2,2H3. The second-order valence-corrected chi connectivity index (χ2v) is 5.00. The number of carbonyl (C=O) groups is 1. The maximum atomic E-state index is 11.1. The van der Waals surface area contributed by atoms with Crippen LogP contribution in [0.2, 0.25) is 0 Å². The normalized spacial score (nSPS) is 10.5. The molecule has 0 fully saturated rings. The van der Waals surface area contributed by atoms with E-state index in [9.17, 15) is 4.79 Å². The SMILES string of the molecule is C=CC(=O)OCCN(CC)c1ccc(N=Nc2ccccc2)cc1. The van der Waals surface area contributed by atoms with Gasteiger partial charge in [-0.1, -0.05) is 24.8 Å². The predicted molar refractivity (Wildman–Crippen MR) is 96.1 cm³/mol. The van der Waals surface area contributed by atoms with Crippen molar-refractivity contribution >= 4 is 23.0 Å². The fourth-order valence-electron chi connectivity index (χ4n) is 2.13. The van der Waals surface area contributed by atoms with Crippen LogP contribution >= 0.6 is 0 Å². The molecule has 0 N–H and O–H groups in total. The molecular formula is C19H21N3O2. The van der Waals surface area contributed by atoms with Crippen molar-refractivity contribution in [3.05, 3.63) is 67.3 Å². The van der Waals surface area contributed by atoms with Crippen molar-refractivity contribution in [3.63, 3.8) is 0 Å². The molecule has 2 aromatic rings. The molecule has 2 rings (SSSR count). The molecule has 0 bridgehead atoms. The van der Waals surface area contributed by atoms with Crippen LogP contribution in [0.5, 0.6) is 0 Å². The van der Waals surface area contributed by atoms with Gasteiger partial charge in [0.1, 0.15) is 6.61 Å². The summed E-state index contributed by atoms with van der Waals surface area (Å²) in [5.41, 5.74) is 2.66. The maximum absolute atomic E-state index is 11.1. The van der Waals surface area contributed by atoms with Gasteiger partial charge in [-0.15, -0.1) is 0 Å². The summed E-state index contributed by atoms with van der Waals surface area (Å²) in [6.07, 6.45) is 1.17. The molecule has 2 aromatic carbocycles. The van der Waals surface area contributed by atoms with Crippen molar-refractivity contribution in [1.82, 2.24) is 0 Å². The molecule has 0 aliphatic heterocycles. The van der Waals surface area contributed by atoms with Crippen LogP contribution in [0.15, 0.2) is 77.5 Å². The number of rotatable bonds is 8. The first-order chi connectivity index (χ1) is 11.7. The van der Waals surface area contributed by atoms with Gasteiger partial charge in [-0.2, -0.15) is 10.2 Å². The Morgan fingerprint density at radius 2 is 1.71 bits per heavy atom. The highest BCUT2D eigenvalue weighted by atomic mass is 16.5. The van der Waals surface area contributed by atoms with Crippen LogP contribution in [0.1, 0.15) is 6.92 Å². The lowest BCUT2D eigenvalue weighted by Gasteiger charge is -2.22. The number of azo groups is 1. The second-order valence-electron chi connectivity index (χ2n) is 5.00. The van der Waals surface area contributed by atoms with E-state index in [0.717, 1.165) is 23.6 Å². The molecule has 0 aromatic heterocycles. The Kier molecular flexibility index (Phi) is 6.71. The molecule has 24 heavy (non-hydrogen) atoms. The average Bonchev–Trinajstić information content (AvgIpc) is 2.65. The number of benzene rings is 2. The molecule has 5 nitrogen and oxygen atoms in total. The molecule has 5 heteroatoms. The maximum Gasteiger partial charge on any atom is 0.330 e. The summed E-state index contributed by atoms with van der Waals surface area (Å²) in [5.74, 6) is -0.400. The van der Waals surface area contributed by atoms with Crippen LogP contribution in [-0.2, 0) is 9.53 Å². The molecule has 0 saturated carbocycles. The van der Waals surface area contributed by atoms with Gasteiger partial charge >= 0.3 is 5.97 Å². The van der Waals surface area contributed by atoms with Gasteiger partial charge in [0.15, 0.2) is 0 Å². The van der Waals surface area contributed by atoms with Gasteiger partial charge in [-0.25, -0.2) is 4.79 Å². The fourth-order valence-corrected chi connectivity index (χ4v) is 2.13. The Morgan fingerprint density at radius 3 is 2.29 bits per heavy atom. The van der Waals surface area contributed by atoms with Gasteiger partial charge in [-0.05, 0) is 43.3 Å². The number of ether oxygens (including phenoxy) is 1. The molecule has 0 radical (unpaired) electrons. The molecule has 0 spiro atoms. The third-order valence-corrected chi connectivity index (χ3v) is 3.41. The molecule has 0 amide bonds. The third-order valence-electron chi connectivity index (χ3n) is 3.41. The van der Waals surface area contributed by atoms with Crippen molar-refractivity contribution in [2.24, 2.45) is 10.2 Å². The zero-order valence-corrected chi connectivity index (χ0v) is 13.8. The highest BCUT2D eigenvalue weighted by Gasteiger charge is 2.05. The van der Waals surface area contributed by atoms with E-state index >= 15 is 0 Å². The second kappa shape index (κ2) is 9.25. The number of esters is 1. The lowest BCUT2D eigenvalue weighted by molar-refractivity contribution is -0.137. The van der Waals surface area contributed by atoms with E-state index in [1.807, 2.05) is 54.6 Å². The van der Waals surface area contributed by atoms with E-state index in [4.69, 9.17) is 4.74 Å². The van der Waals surface area contributed by atoms with Crippen molar-refractivity contribution in [3.8, 4) is 0 Å². The van der Waals surface area contributed by atoms with Crippen LogP contribution in [0, 0.1) is 0 Å². The number of anilines is 1. The van der Waals surface area contributed by atoms with Crippen LogP contribution in [-0.4, -0.2) is 25.7 Å². The number of likely N-dealkylation sites (N-methyl/N-ethyl adjacent to an activating group) is 1. The van der Waals surface area contributed by atoms with Gasteiger partial charge in [0, 0.05) is 18.3 Å². The predicted octanol–water partition coefficient (Wildman–Crippen LogP) is 4.66. The first kappa shape index (κ1) is 17.4. The van der Waals surface area contributed by atoms with E-state index in [1.54, 1.807) is 0 Å². The minimum Gasteiger partial charge on any atom is -0.461 e. The van der Waals surface area contributed by atoms with E-state index in [2.05, 4.69) is 28.6 Å².